The summed E-state index contributed by atoms with van der Waals surface area (Å²) in [5.74, 6) is 1.38. The van der Waals surface area contributed by atoms with Gasteiger partial charge in [0.05, 0.1) is 5.69 Å². The fourth-order valence-corrected chi connectivity index (χ4v) is 2.63. The average molecular weight is 341 g/mol. The number of rotatable bonds is 5. The van der Waals surface area contributed by atoms with Crippen molar-refractivity contribution in [2.45, 2.75) is 6.54 Å². The minimum absolute atomic E-state index is 0.535. The Morgan fingerprint density at radius 1 is 1.08 bits per heavy atom. The number of hydrogen-bond donors (Lipinski definition) is 2. The Balaban J connectivity index is 1.68. The number of aromatic nitrogens is 5. The van der Waals surface area contributed by atoms with E-state index < -0.39 is 0 Å². The van der Waals surface area contributed by atoms with Crippen LogP contribution >= 0.6 is 0 Å². The number of nitrogens with one attached hydrogen (secondary N) is 2. The van der Waals surface area contributed by atoms with Gasteiger partial charge in [0.2, 0.25) is 5.95 Å². The van der Waals surface area contributed by atoms with Gasteiger partial charge in [-0.2, -0.15) is 9.61 Å². The van der Waals surface area contributed by atoms with Gasteiger partial charge in [0.25, 0.3) is 0 Å². The second-order valence-electron chi connectivity index (χ2n) is 5.75. The van der Waals surface area contributed by atoms with E-state index in [1.807, 2.05) is 36.4 Å². The Morgan fingerprint density at radius 2 is 1.85 bits per heavy atom. The highest BCUT2D eigenvalue weighted by Crippen LogP contribution is 2.21. The minimum Gasteiger partial charge on any atom is -0.366 e. The predicted molar refractivity (Wildman–Crippen MR) is 103 cm³/mol. The topological polar surface area (TPSA) is 80.0 Å². The van der Waals surface area contributed by atoms with Crippen LogP contribution in [0.25, 0.3) is 16.9 Å². The summed E-state index contributed by atoms with van der Waals surface area (Å²) in [6.07, 6.45) is 5.16. The molecule has 2 radical (unpaired) electrons. The van der Waals surface area contributed by atoms with Crippen LogP contribution in [0.1, 0.15) is 5.56 Å². The molecule has 0 fully saturated rings. The van der Waals surface area contributed by atoms with Gasteiger partial charge in [-0.25, -0.2) is 15.0 Å². The van der Waals surface area contributed by atoms with Crippen molar-refractivity contribution < 1.29 is 0 Å². The molecule has 8 heteroatoms. The molecular formula is C18H16BN7. The molecule has 0 unspecified atom stereocenters. The Kier molecular flexibility index (Phi) is 4.22. The van der Waals surface area contributed by atoms with Crippen LogP contribution in [-0.2, 0) is 6.54 Å². The molecule has 7 nitrogen and oxygen atoms in total. The van der Waals surface area contributed by atoms with E-state index in [1.165, 1.54) is 0 Å². The van der Waals surface area contributed by atoms with Crippen molar-refractivity contribution in [2.75, 3.05) is 17.7 Å². The maximum absolute atomic E-state index is 6.03. The van der Waals surface area contributed by atoms with Gasteiger partial charge in [-0.05, 0) is 5.46 Å². The largest absolute Gasteiger partial charge is 0.366 e. The second kappa shape index (κ2) is 6.83. The van der Waals surface area contributed by atoms with E-state index in [0.717, 1.165) is 22.6 Å². The summed E-state index contributed by atoms with van der Waals surface area (Å²) in [4.78, 5) is 13.1. The van der Waals surface area contributed by atoms with E-state index in [2.05, 4.69) is 30.7 Å². The molecule has 126 valence electrons. The molecular weight excluding hydrogens is 325 g/mol. The van der Waals surface area contributed by atoms with Gasteiger partial charge in [0.15, 0.2) is 5.65 Å². The third kappa shape index (κ3) is 3.09. The van der Waals surface area contributed by atoms with Crippen molar-refractivity contribution in [3.8, 4) is 11.3 Å². The summed E-state index contributed by atoms with van der Waals surface area (Å²) in [5.41, 5.74) is 3.95. The summed E-state index contributed by atoms with van der Waals surface area (Å²) >= 11 is 0. The number of hydrogen-bond acceptors (Lipinski definition) is 6. The van der Waals surface area contributed by atoms with Crippen LogP contribution in [0.15, 0.2) is 55.0 Å². The zero-order chi connectivity index (χ0) is 17.9. The molecule has 3 aromatic heterocycles. The van der Waals surface area contributed by atoms with Crippen LogP contribution in [-0.4, -0.2) is 39.5 Å². The summed E-state index contributed by atoms with van der Waals surface area (Å²) in [6, 6.07) is 11.9. The summed E-state index contributed by atoms with van der Waals surface area (Å²) in [7, 11) is 7.82. The Morgan fingerprint density at radius 3 is 2.58 bits per heavy atom. The van der Waals surface area contributed by atoms with Gasteiger partial charge in [0.1, 0.15) is 13.7 Å². The van der Waals surface area contributed by atoms with Crippen molar-refractivity contribution in [1.29, 1.82) is 0 Å². The third-order valence-electron chi connectivity index (χ3n) is 3.97. The normalized spacial score (nSPS) is 10.8. The third-order valence-corrected chi connectivity index (χ3v) is 3.97. The van der Waals surface area contributed by atoms with Crippen LogP contribution in [0.4, 0.5) is 11.8 Å². The van der Waals surface area contributed by atoms with Crippen molar-refractivity contribution in [2.24, 2.45) is 0 Å². The molecule has 0 spiro atoms. The van der Waals surface area contributed by atoms with Crippen molar-refractivity contribution in [1.82, 2.24) is 24.6 Å². The predicted octanol–water partition coefficient (Wildman–Crippen LogP) is 1.63. The average Bonchev–Trinajstić information content (AvgIpc) is 3.08. The molecule has 0 atom stereocenters. The Labute approximate surface area is 151 Å². The van der Waals surface area contributed by atoms with E-state index in [1.54, 1.807) is 30.2 Å². The molecule has 0 saturated heterocycles. The standard InChI is InChI=1S/C18H16BN7/c1-20-18-22-9-12(10-23-18)8-21-16-7-15(13-5-3-2-4-6-13)25-17-14(19)11-24-26(16)17/h2-7,9-11,21H,8H2,1H3,(H,20,22,23). The molecule has 4 aromatic rings. The SMILES string of the molecule is [B]c1cnn2c(NCc3cnc(NC)nc3)cc(-c3ccccc3)nc12. The molecule has 0 amide bonds. The number of nitrogens with zero attached hydrogens (tertiary/aromatic N) is 5. The molecule has 0 aliphatic heterocycles. The van der Waals surface area contributed by atoms with E-state index in [9.17, 15) is 0 Å². The van der Waals surface area contributed by atoms with Crippen LogP contribution in [0, 0.1) is 0 Å². The lowest BCUT2D eigenvalue weighted by Crippen LogP contribution is -2.10. The van der Waals surface area contributed by atoms with Gasteiger partial charge >= 0.3 is 0 Å². The van der Waals surface area contributed by atoms with E-state index in [-0.39, 0.29) is 0 Å². The summed E-state index contributed by atoms with van der Waals surface area (Å²) in [5, 5.41) is 10.6. The zero-order valence-corrected chi connectivity index (χ0v) is 14.2. The maximum atomic E-state index is 6.03. The number of benzene rings is 1. The fourth-order valence-electron chi connectivity index (χ4n) is 2.63. The lowest BCUT2D eigenvalue weighted by atomic mass is 10.0. The molecule has 0 aliphatic rings. The number of anilines is 2. The van der Waals surface area contributed by atoms with Gasteiger partial charge in [0, 0.05) is 49.4 Å². The first-order valence-electron chi connectivity index (χ1n) is 8.17. The van der Waals surface area contributed by atoms with E-state index in [4.69, 9.17) is 7.85 Å². The first-order chi connectivity index (χ1) is 12.7. The van der Waals surface area contributed by atoms with Gasteiger partial charge in [-0.15, -0.1) is 0 Å². The molecule has 0 saturated carbocycles. The number of fused-ring (bicyclic) bond motifs is 1. The lowest BCUT2D eigenvalue weighted by Gasteiger charge is -2.11. The lowest BCUT2D eigenvalue weighted by molar-refractivity contribution is 0.923. The monoisotopic (exact) mass is 341 g/mol. The molecule has 3 heterocycles. The van der Waals surface area contributed by atoms with E-state index >= 15 is 0 Å². The summed E-state index contributed by atoms with van der Waals surface area (Å²) in [6.45, 7) is 0.553. The second-order valence-corrected chi connectivity index (χ2v) is 5.75. The highest BCUT2D eigenvalue weighted by Gasteiger charge is 2.10. The maximum Gasteiger partial charge on any atom is 0.222 e. The van der Waals surface area contributed by atoms with Crippen molar-refractivity contribution in [3.05, 3.63) is 60.6 Å². The Bertz CT molecular complexity index is 1030. The zero-order valence-electron chi connectivity index (χ0n) is 14.2. The van der Waals surface area contributed by atoms with Gasteiger partial charge in [-0.1, -0.05) is 30.3 Å². The van der Waals surface area contributed by atoms with Crippen LogP contribution in [0.5, 0.6) is 0 Å². The molecule has 2 N–H and O–H groups in total. The van der Waals surface area contributed by atoms with Gasteiger partial charge < -0.3 is 10.6 Å². The molecule has 4 rings (SSSR count). The first-order valence-corrected chi connectivity index (χ1v) is 8.17. The first kappa shape index (κ1) is 16.1. The highest BCUT2D eigenvalue weighted by atomic mass is 15.3. The quantitative estimate of drug-likeness (QED) is 0.537. The van der Waals surface area contributed by atoms with Gasteiger partial charge in [-0.3, -0.25) is 0 Å². The summed E-state index contributed by atoms with van der Waals surface area (Å²) < 4.78 is 1.70. The minimum atomic E-state index is 0.535. The Hall–Kier alpha value is -3.42. The molecule has 0 bridgehead atoms. The molecule has 0 aliphatic carbocycles. The smallest absolute Gasteiger partial charge is 0.222 e. The highest BCUT2D eigenvalue weighted by molar-refractivity contribution is 6.36. The molecule has 26 heavy (non-hydrogen) atoms. The van der Waals surface area contributed by atoms with Crippen LogP contribution in [0.2, 0.25) is 0 Å². The van der Waals surface area contributed by atoms with Crippen molar-refractivity contribution in [3.63, 3.8) is 0 Å². The van der Waals surface area contributed by atoms with E-state index in [0.29, 0.717) is 23.6 Å². The van der Waals surface area contributed by atoms with Crippen LogP contribution in [0.3, 0.4) is 0 Å². The molecule has 1 aromatic carbocycles. The van der Waals surface area contributed by atoms with Crippen molar-refractivity contribution >= 4 is 30.7 Å². The fraction of sp³-hybridized carbons (Fsp3) is 0.111. The van der Waals surface area contributed by atoms with Crippen LogP contribution < -0.4 is 16.1 Å².